The number of nitrogen functional groups attached to an aromatic ring is 1. The van der Waals surface area contributed by atoms with Gasteiger partial charge in [0.05, 0.1) is 27.0 Å². The van der Waals surface area contributed by atoms with Crippen molar-refractivity contribution < 1.29 is 4.92 Å². The van der Waals surface area contributed by atoms with Crippen molar-refractivity contribution in [3.05, 3.63) is 44.4 Å². The molecular formula is C12H14N4O2S. The molecule has 19 heavy (non-hydrogen) atoms. The van der Waals surface area contributed by atoms with Crippen LogP contribution in [-0.2, 0) is 6.42 Å². The van der Waals surface area contributed by atoms with Crippen molar-refractivity contribution in [2.24, 2.45) is 0 Å². The summed E-state index contributed by atoms with van der Waals surface area (Å²) >= 11 is 1.62. The topological polar surface area (TPSA) is 94.1 Å². The third-order valence-corrected chi connectivity index (χ3v) is 3.43. The first-order valence-electron chi connectivity index (χ1n) is 5.75. The van der Waals surface area contributed by atoms with Crippen LogP contribution in [-0.4, -0.2) is 16.5 Å². The van der Waals surface area contributed by atoms with Gasteiger partial charge in [0.15, 0.2) is 0 Å². The normalized spacial score (nSPS) is 10.4. The number of benzene rings is 1. The zero-order valence-electron chi connectivity index (χ0n) is 10.4. The predicted octanol–water partition coefficient (Wildman–Crippen LogP) is 2.60. The fraction of sp³-hybridized carbons (Fsp3) is 0.250. The molecule has 100 valence electrons. The third-order valence-electron chi connectivity index (χ3n) is 2.61. The lowest BCUT2D eigenvalue weighted by atomic mass is 10.2. The molecule has 1 aromatic carbocycles. The lowest BCUT2D eigenvalue weighted by Gasteiger charge is -2.08. The number of nitrogens with one attached hydrogen (secondary N) is 1. The number of nitro groups is 1. The zero-order chi connectivity index (χ0) is 13.8. The van der Waals surface area contributed by atoms with Crippen LogP contribution in [0.15, 0.2) is 23.6 Å². The third kappa shape index (κ3) is 3.41. The standard InChI is InChI=1S/C12H14N4O2S/c1-8-15-9(7-19-8)4-5-14-12-3-2-10(16(17)18)6-11(12)13/h2-3,6-7,14H,4-5,13H2,1H3. The molecule has 0 aliphatic carbocycles. The number of nitro benzene ring substituents is 1. The molecule has 0 bridgehead atoms. The highest BCUT2D eigenvalue weighted by Gasteiger charge is 2.08. The Morgan fingerprint density at radius 1 is 1.53 bits per heavy atom. The predicted molar refractivity (Wildman–Crippen MR) is 76.6 cm³/mol. The summed E-state index contributed by atoms with van der Waals surface area (Å²) in [6.07, 6.45) is 0.792. The molecule has 0 saturated heterocycles. The number of aryl methyl sites for hydroxylation is 1. The van der Waals surface area contributed by atoms with Crippen LogP contribution in [0, 0.1) is 17.0 Å². The number of non-ortho nitro benzene ring substituents is 1. The van der Waals surface area contributed by atoms with Crippen LogP contribution < -0.4 is 11.1 Å². The van der Waals surface area contributed by atoms with Crippen molar-refractivity contribution in [1.82, 2.24) is 4.98 Å². The molecule has 7 heteroatoms. The number of hydrogen-bond acceptors (Lipinski definition) is 6. The van der Waals surface area contributed by atoms with Gasteiger partial charge < -0.3 is 11.1 Å². The first-order chi connectivity index (χ1) is 9.06. The van der Waals surface area contributed by atoms with E-state index < -0.39 is 4.92 Å². The lowest BCUT2D eigenvalue weighted by Crippen LogP contribution is -2.07. The van der Waals surface area contributed by atoms with Gasteiger partial charge >= 0.3 is 0 Å². The largest absolute Gasteiger partial charge is 0.397 e. The first kappa shape index (κ1) is 13.3. The van der Waals surface area contributed by atoms with Gasteiger partial charge in [0, 0.05) is 30.5 Å². The van der Waals surface area contributed by atoms with Crippen molar-refractivity contribution in [2.75, 3.05) is 17.6 Å². The fourth-order valence-corrected chi connectivity index (χ4v) is 2.32. The molecule has 6 nitrogen and oxygen atoms in total. The van der Waals surface area contributed by atoms with E-state index in [1.807, 2.05) is 12.3 Å². The monoisotopic (exact) mass is 278 g/mol. The van der Waals surface area contributed by atoms with Crippen molar-refractivity contribution >= 4 is 28.4 Å². The minimum Gasteiger partial charge on any atom is -0.397 e. The Bertz CT molecular complexity index is 597. The second-order valence-electron chi connectivity index (χ2n) is 4.06. The fourth-order valence-electron chi connectivity index (χ4n) is 1.67. The maximum absolute atomic E-state index is 10.6. The molecule has 0 saturated carbocycles. The minimum atomic E-state index is -0.460. The summed E-state index contributed by atoms with van der Waals surface area (Å²) < 4.78 is 0. The highest BCUT2D eigenvalue weighted by molar-refractivity contribution is 7.09. The number of rotatable bonds is 5. The summed E-state index contributed by atoms with van der Waals surface area (Å²) in [5.74, 6) is 0. The molecular weight excluding hydrogens is 264 g/mol. The van der Waals surface area contributed by atoms with E-state index in [4.69, 9.17) is 5.73 Å². The molecule has 0 spiro atoms. The molecule has 2 rings (SSSR count). The van der Waals surface area contributed by atoms with E-state index in [2.05, 4.69) is 10.3 Å². The second kappa shape index (κ2) is 5.66. The van der Waals surface area contributed by atoms with Gasteiger partial charge in [0.1, 0.15) is 0 Å². The quantitative estimate of drug-likeness (QED) is 0.498. The molecule has 0 amide bonds. The zero-order valence-corrected chi connectivity index (χ0v) is 11.2. The Labute approximate surface area is 114 Å². The van der Waals surface area contributed by atoms with Crippen LogP contribution in [0.25, 0.3) is 0 Å². The van der Waals surface area contributed by atoms with Gasteiger partial charge in [0.2, 0.25) is 0 Å². The van der Waals surface area contributed by atoms with E-state index in [9.17, 15) is 10.1 Å². The van der Waals surface area contributed by atoms with Gasteiger partial charge in [0.25, 0.3) is 5.69 Å². The summed E-state index contributed by atoms with van der Waals surface area (Å²) in [6.45, 7) is 2.65. The number of thiazole rings is 1. The molecule has 3 N–H and O–H groups in total. The Morgan fingerprint density at radius 2 is 2.32 bits per heavy atom. The van der Waals surface area contributed by atoms with Crippen molar-refractivity contribution in [3.8, 4) is 0 Å². The minimum absolute atomic E-state index is 0.00169. The van der Waals surface area contributed by atoms with E-state index in [1.54, 1.807) is 17.4 Å². The van der Waals surface area contributed by atoms with Crippen molar-refractivity contribution in [3.63, 3.8) is 0 Å². The summed E-state index contributed by atoms with van der Waals surface area (Å²) in [6, 6.07) is 4.42. The second-order valence-corrected chi connectivity index (χ2v) is 5.13. The molecule has 0 aliphatic heterocycles. The van der Waals surface area contributed by atoms with Gasteiger partial charge in [-0.05, 0) is 13.0 Å². The van der Waals surface area contributed by atoms with Crippen molar-refractivity contribution in [2.45, 2.75) is 13.3 Å². The van der Waals surface area contributed by atoms with Crippen molar-refractivity contribution in [1.29, 1.82) is 0 Å². The maximum Gasteiger partial charge on any atom is 0.271 e. The van der Waals surface area contributed by atoms with Crippen LogP contribution in [0.5, 0.6) is 0 Å². The Kier molecular flexibility index (Phi) is 3.96. The Hall–Kier alpha value is -2.15. The molecule has 0 radical (unpaired) electrons. The molecule has 0 fully saturated rings. The van der Waals surface area contributed by atoms with Gasteiger partial charge in [-0.3, -0.25) is 10.1 Å². The maximum atomic E-state index is 10.6. The van der Waals surface area contributed by atoms with Crippen LogP contribution in [0.3, 0.4) is 0 Å². The summed E-state index contributed by atoms with van der Waals surface area (Å²) in [7, 11) is 0. The number of nitrogens with two attached hydrogens (primary N) is 1. The molecule has 0 atom stereocenters. The Morgan fingerprint density at radius 3 is 2.89 bits per heavy atom. The summed E-state index contributed by atoms with van der Waals surface area (Å²) in [5.41, 5.74) is 7.88. The van der Waals surface area contributed by atoms with E-state index >= 15 is 0 Å². The first-order valence-corrected chi connectivity index (χ1v) is 6.63. The molecule has 2 aromatic rings. The molecule has 0 unspecified atom stereocenters. The number of nitrogens with zero attached hydrogens (tertiary/aromatic N) is 2. The van der Waals surface area contributed by atoms with Crippen LogP contribution in [0.2, 0.25) is 0 Å². The molecule has 1 heterocycles. The number of hydrogen-bond donors (Lipinski definition) is 2. The molecule has 1 aromatic heterocycles. The summed E-state index contributed by atoms with van der Waals surface area (Å²) in [5, 5.41) is 16.8. The van der Waals surface area contributed by atoms with Gasteiger partial charge in [-0.15, -0.1) is 11.3 Å². The van der Waals surface area contributed by atoms with Gasteiger partial charge in [-0.25, -0.2) is 4.98 Å². The van der Waals surface area contributed by atoms with Crippen LogP contribution in [0.1, 0.15) is 10.7 Å². The number of anilines is 2. The SMILES string of the molecule is Cc1nc(CCNc2ccc([N+](=O)[O-])cc2N)cs1. The van der Waals surface area contributed by atoms with Crippen LogP contribution in [0.4, 0.5) is 17.1 Å². The van der Waals surface area contributed by atoms with Crippen LogP contribution >= 0.6 is 11.3 Å². The van der Waals surface area contributed by atoms with E-state index in [1.165, 1.54) is 12.1 Å². The lowest BCUT2D eigenvalue weighted by molar-refractivity contribution is -0.384. The highest BCUT2D eigenvalue weighted by Crippen LogP contribution is 2.24. The van der Waals surface area contributed by atoms with Gasteiger partial charge in [-0.2, -0.15) is 0 Å². The van der Waals surface area contributed by atoms with E-state index in [0.29, 0.717) is 17.9 Å². The van der Waals surface area contributed by atoms with Gasteiger partial charge in [-0.1, -0.05) is 0 Å². The Balaban J connectivity index is 1.94. The number of aromatic nitrogens is 1. The van der Waals surface area contributed by atoms with E-state index in [0.717, 1.165) is 17.1 Å². The van der Waals surface area contributed by atoms with E-state index in [-0.39, 0.29) is 5.69 Å². The smallest absolute Gasteiger partial charge is 0.271 e. The average Bonchev–Trinajstić information content (AvgIpc) is 2.77. The highest BCUT2D eigenvalue weighted by atomic mass is 32.1. The molecule has 0 aliphatic rings. The summed E-state index contributed by atoms with van der Waals surface area (Å²) in [4.78, 5) is 14.5. The average molecular weight is 278 g/mol.